The van der Waals surface area contributed by atoms with Crippen molar-refractivity contribution in [2.45, 2.75) is 19.3 Å². The van der Waals surface area contributed by atoms with Crippen LogP contribution >= 0.6 is 0 Å². The summed E-state index contributed by atoms with van der Waals surface area (Å²) in [6.07, 6.45) is 3.17. The third-order valence-electron chi connectivity index (χ3n) is 4.44. The van der Waals surface area contributed by atoms with E-state index in [2.05, 4.69) is 5.32 Å². The van der Waals surface area contributed by atoms with E-state index in [1.165, 1.54) is 11.0 Å². The minimum Gasteiger partial charge on any atom is -0.366 e. The summed E-state index contributed by atoms with van der Waals surface area (Å²) in [7, 11) is 0. The van der Waals surface area contributed by atoms with Crippen molar-refractivity contribution in [1.29, 1.82) is 0 Å². The lowest BCUT2D eigenvalue weighted by Crippen LogP contribution is -2.49. The zero-order chi connectivity index (χ0) is 17.1. The lowest BCUT2D eigenvalue weighted by atomic mass is 10.1. The van der Waals surface area contributed by atoms with Gasteiger partial charge in [-0.15, -0.1) is 0 Å². The number of piperazine rings is 1. The number of rotatable bonds is 3. The molecule has 2 aliphatic heterocycles. The van der Waals surface area contributed by atoms with Crippen LogP contribution in [0.15, 0.2) is 18.2 Å². The summed E-state index contributed by atoms with van der Waals surface area (Å²) in [6.45, 7) is 2.38. The highest BCUT2D eigenvalue weighted by molar-refractivity contribution is 5.98. The van der Waals surface area contributed by atoms with Gasteiger partial charge in [0.05, 0.1) is 11.5 Å². The fourth-order valence-electron chi connectivity index (χ4n) is 3.20. The largest absolute Gasteiger partial charge is 0.366 e. The molecule has 24 heavy (non-hydrogen) atoms. The molecule has 1 N–H and O–H groups in total. The monoisotopic (exact) mass is 332 g/mol. The standard InChI is InChI=1S/C16H20N4O4/c21-15-11-19(9-6-17-15)16(22)12-4-5-13(14(10-12)20(23)24)18-7-2-1-3-8-18/h4-5,10H,1-3,6-9,11H2,(H,17,21). The van der Waals surface area contributed by atoms with E-state index in [9.17, 15) is 19.7 Å². The molecule has 0 aliphatic carbocycles. The summed E-state index contributed by atoms with van der Waals surface area (Å²) < 4.78 is 0. The number of nitro groups is 1. The van der Waals surface area contributed by atoms with E-state index in [-0.39, 0.29) is 29.6 Å². The zero-order valence-corrected chi connectivity index (χ0v) is 13.4. The number of hydrogen-bond donors (Lipinski definition) is 1. The molecular formula is C16H20N4O4. The van der Waals surface area contributed by atoms with Crippen molar-refractivity contribution in [3.05, 3.63) is 33.9 Å². The van der Waals surface area contributed by atoms with Gasteiger partial charge < -0.3 is 15.1 Å². The molecule has 2 fully saturated rings. The molecule has 8 nitrogen and oxygen atoms in total. The first-order valence-electron chi connectivity index (χ1n) is 8.15. The highest BCUT2D eigenvalue weighted by Crippen LogP contribution is 2.31. The van der Waals surface area contributed by atoms with Gasteiger partial charge in [0, 0.05) is 37.8 Å². The molecule has 128 valence electrons. The third kappa shape index (κ3) is 3.32. The molecule has 2 aliphatic rings. The third-order valence-corrected chi connectivity index (χ3v) is 4.44. The molecule has 1 aromatic rings. The van der Waals surface area contributed by atoms with Crippen molar-refractivity contribution in [2.24, 2.45) is 0 Å². The number of anilines is 1. The first-order chi connectivity index (χ1) is 11.6. The van der Waals surface area contributed by atoms with E-state index in [4.69, 9.17) is 0 Å². The Morgan fingerprint density at radius 3 is 2.58 bits per heavy atom. The minimum absolute atomic E-state index is 0.0134. The number of amides is 2. The van der Waals surface area contributed by atoms with Crippen molar-refractivity contribution in [3.8, 4) is 0 Å². The van der Waals surface area contributed by atoms with Crippen LogP contribution in [-0.2, 0) is 4.79 Å². The molecular weight excluding hydrogens is 312 g/mol. The van der Waals surface area contributed by atoms with Crippen LogP contribution < -0.4 is 10.2 Å². The summed E-state index contributed by atoms with van der Waals surface area (Å²) in [5, 5.41) is 14.1. The number of nitrogens with zero attached hydrogens (tertiary/aromatic N) is 3. The topological polar surface area (TPSA) is 95.8 Å². The predicted octanol–water partition coefficient (Wildman–Crippen LogP) is 1.16. The first-order valence-corrected chi connectivity index (χ1v) is 8.15. The van der Waals surface area contributed by atoms with Crippen LogP contribution in [0, 0.1) is 10.1 Å². The SMILES string of the molecule is O=C1CN(C(=O)c2ccc(N3CCCCC3)c([N+](=O)[O-])c2)CCN1. The second-order valence-corrected chi connectivity index (χ2v) is 6.08. The second kappa shape index (κ2) is 6.86. The quantitative estimate of drug-likeness (QED) is 0.662. The van der Waals surface area contributed by atoms with Gasteiger partial charge in [-0.05, 0) is 31.4 Å². The van der Waals surface area contributed by atoms with Crippen LogP contribution in [0.2, 0.25) is 0 Å². The summed E-state index contributed by atoms with van der Waals surface area (Å²) in [6, 6.07) is 4.60. The average molecular weight is 332 g/mol. The predicted molar refractivity (Wildman–Crippen MR) is 88.1 cm³/mol. The highest BCUT2D eigenvalue weighted by atomic mass is 16.6. The van der Waals surface area contributed by atoms with Gasteiger partial charge in [0.25, 0.3) is 11.6 Å². The number of carbonyl (C=O) groups is 2. The van der Waals surface area contributed by atoms with Crippen LogP contribution in [-0.4, -0.2) is 54.4 Å². The van der Waals surface area contributed by atoms with Gasteiger partial charge in [0.15, 0.2) is 0 Å². The fraction of sp³-hybridized carbons (Fsp3) is 0.500. The summed E-state index contributed by atoms with van der Waals surface area (Å²) >= 11 is 0. The van der Waals surface area contributed by atoms with Crippen LogP contribution in [0.4, 0.5) is 11.4 Å². The smallest absolute Gasteiger partial charge is 0.293 e. The molecule has 2 heterocycles. The van der Waals surface area contributed by atoms with E-state index in [0.29, 0.717) is 18.8 Å². The minimum atomic E-state index is -0.441. The normalized spacial score (nSPS) is 18.2. The molecule has 0 spiro atoms. The molecule has 3 rings (SSSR count). The van der Waals surface area contributed by atoms with Crippen molar-refractivity contribution in [2.75, 3.05) is 37.6 Å². The molecule has 0 bridgehead atoms. The maximum Gasteiger partial charge on any atom is 0.293 e. The summed E-state index contributed by atoms with van der Waals surface area (Å²) in [4.78, 5) is 38.4. The maximum atomic E-state index is 12.5. The van der Waals surface area contributed by atoms with E-state index < -0.39 is 4.92 Å². The highest BCUT2D eigenvalue weighted by Gasteiger charge is 2.26. The van der Waals surface area contributed by atoms with Gasteiger partial charge in [0.1, 0.15) is 5.69 Å². The van der Waals surface area contributed by atoms with Crippen LogP contribution in [0.1, 0.15) is 29.6 Å². The summed E-state index contributed by atoms with van der Waals surface area (Å²) in [5.41, 5.74) is 0.758. The van der Waals surface area contributed by atoms with Crippen molar-refractivity contribution in [3.63, 3.8) is 0 Å². The zero-order valence-electron chi connectivity index (χ0n) is 13.4. The molecule has 2 amide bonds. The number of nitrogens with one attached hydrogen (secondary N) is 1. The Kier molecular flexibility index (Phi) is 4.64. The van der Waals surface area contributed by atoms with E-state index in [1.54, 1.807) is 12.1 Å². The maximum absolute atomic E-state index is 12.5. The van der Waals surface area contributed by atoms with Crippen LogP contribution in [0.5, 0.6) is 0 Å². The van der Waals surface area contributed by atoms with Crippen LogP contribution in [0.25, 0.3) is 0 Å². The lowest BCUT2D eigenvalue weighted by molar-refractivity contribution is -0.384. The van der Waals surface area contributed by atoms with Gasteiger partial charge in [-0.2, -0.15) is 0 Å². The Bertz CT molecular complexity index is 670. The second-order valence-electron chi connectivity index (χ2n) is 6.08. The van der Waals surface area contributed by atoms with Crippen molar-refractivity contribution >= 4 is 23.2 Å². The first kappa shape index (κ1) is 16.2. The molecule has 0 aromatic heterocycles. The van der Waals surface area contributed by atoms with Crippen LogP contribution in [0.3, 0.4) is 0 Å². The number of carbonyl (C=O) groups excluding carboxylic acids is 2. The fourth-order valence-corrected chi connectivity index (χ4v) is 3.20. The van der Waals surface area contributed by atoms with E-state index >= 15 is 0 Å². The molecule has 1 aromatic carbocycles. The Hall–Kier alpha value is -2.64. The molecule has 0 unspecified atom stereocenters. The molecule has 0 atom stereocenters. The molecule has 0 saturated carbocycles. The summed E-state index contributed by atoms with van der Waals surface area (Å²) in [5.74, 6) is -0.563. The van der Waals surface area contributed by atoms with E-state index in [0.717, 1.165) is 32.4 Å². The van der Waals surface area contributed by atoms with Gasteiger partial charge in [0.2, 0.25) is 5.91 Å². The lowest BCUT2D eigenvalue weighted by Gasteiger charge is -2.29. The van der Waals surface area contributed by atoms with Crippen molar-refractivity contribution < 1.29 is 14.5 Å². The van der Waals surface area contributed by atoms with Crippen molar-refractivity contribution in [1.82, 2.24) is 10.2 Å². The number of benzene rings is 1. The average Bonchev–Trinajstić information content (AvgIpc) is 2.61. The number of nitro benzene ring substituents is 1. The number of hydrogen-bond acceptors (Lipinski definition) is 5. The van der Waals surface area contributed by atoms with Gasteiger partial charge in [-0.25, -0.2) is 0 Å². The Morgan fingerprint density at radius 2 is 1.92 bits per heavy atom. The van der Waals surface area contributed by atoms with Gasteiger partial charge in [-0.1, -0.05) is 0 Å². The number of piperidine rings is 1. The van der Waals surface area contributed by atoms with Gasteiger partial charge in [-0.3, -0.25) is 19.7 Å². The molecule has 0 radical (unpaired) electrons. The Labute approximate surface area is 139 Å². The Morgan fingerprint density at radius 1 is 1.17 bits per heavy atom. The molecule has 2 saturated heterocycles. The van der Waals surface area contributed by atoms with Gasteiger partial charge >= 0.3 is 0 Å². The molecule has 8 heteroatoms. The Balaban J connectivity index is 1.86. The van der Waals surface area contributed by atoms with E-state index in [1.807, 2.05) is 4.90 Å².